The highest BCUT2D eigenvalue weighted by molar-refractivity contribution is 5.96. The molecular weight excluding hydrogens is 278 g/mol. The Morgan fingerprint density at radius 2 is 1.82 bits per heavy atom. The second-order valence-corrected chi connectivity index (χ2v) is 5.47. The van der Waals surface area contributed by atoms with Crippen LogP contribution in [0.5, 0.6) is 0 Å². The van der Waals surface area contributed by atoms with E-state index < -0.39 is 12.1 Å². The molecule has 1 aromatic heterocycles. The maximum absolute atomic E-state index is 11.4. The maximum Gasteiger partial charge on any atom is 0.335 e. The zero-order chi connectivity index (χ0) is 15.9. The number of aromatic nitrogens is 1. The molecule has 0 spiro atoms. The van der Waals surface area contributed by atoms with E-state index in [0.717, 1.165) is 22.2 Å². The van der Waals surface area contributed by atoms with E-state index in [1.807, 2.05) is 54.9 Å². The Balaban J connectivity index is 2.28. The van der Waals surface area contributed by atoms with Crippen LogP contribution < -0.4 is 0 Å². The molecule has 22 heavy (non-hydrogen) atoms. The third-order valence-corrected chi connectivity index (χ3v) is 4.05. The van der Waals surface area contributed by atoms with Gasteiger partial charge in [-0.25, -0.2) is 4.79 Å². The maximum atomic E-state index is 11.4. The van der Waals surface area contributed by atoms with Gasteiger partial charge in [-0.15, -0.1) is 0 Å². The van der Waals surface area contributed by atoms with Crippen molar-refractivity contribution in [3.63, 3.8) is 0 Å². The van der Waals surface area contributed by atoms with Gasteiger partial charge in [-0.3, -0.25) is 0 Å². The largest absolute Gasteiger partial charge is 0.478 e. The minimum absolute atomic E-state index is 0.183. The number of nitrogens with zero attached hydrogens (tertiary/aromatic N) is 1. The molecule has 0 radical (unpaired) electrons. The van der Waals surface area contributed by atoms with Gasteiger partial charge in [-0.05, 0) is 30.7 Å². The molecule has 3 rings (SSSR count). The van der Waals surface area contributed by atoms with Crippen LogP contribution >= 0.6 is 0 Å². The number of aryl methyl sites for hydroxylation is 2. The number of aliphatic hydroxyl groups is 1. The topological polar surface area (TPSA) is 62.5 Å². The number of carboxylic acid groups (broad SMARTS) is 1. The highest BCUT2D eigenvalue weighted by Crippen LogP contribution is 2.32. The van der Waals surface area contributed by atoms with Crippen LogP contribution in [-0.4, -0.2) is 20.7 Å². The minimum atomic E-state index is -0.995. The average molecular weight is 295 g/mol. The van der Waals surface area contributed by atoms with Crippen molar-refractivity contribution in [2.75, 3.05) is 0 Å². The molecule has 2 aromatic carbocycles. The molecule has 2 N–H and O–H groups in total. The average Bonchev–Trinajstić information content (AvgIpc) is 2.81. The second-order valence-electron chi connectivity index (χ2n) is 5.47. The number of aromatic carboxylic acids is 1. The first-order valence-corrected chi connectivity index (χ1v) is 7.05. The van der Waals surface area contributed by atoms with E-state index in [9.17, 15) is 15.0 Å². The van der Waals surface area contributed by atoms with Crippen LogP contribution in [0.3, 0.4) is 0 Å². The van der Waals surface area contributed by atoms with E-state index in [4.69, 9.17) is 0 Å². The van der Waals surface area contributed by atoms with E-state index in [0.29, 0.717) is 5.56 Å². The highest BCUT2D eigenvalue weighted by atomic mass is 16.4. The monoisotopic (exact) mass is 295 g/mol. The first-order valence-electron chi connectivity index (χ1n) is 7.05. The van der Waals surface area contributed by atoms with Gasteiger partial charge in [0.05, 0.1) is 11.1 Å². The van der Waals surface area contributed by atoms with Crippen molar-refractivity contribution < 1.29 is 15.0 Å². The quantitative estimate of drug-likeness (QED) is 0.779. The lowest BCUT2D eigenvalue weighted by Gasteiger charge is -2.15. The van der Waals surface area contributed by atoms with Crippen molar-refractivity contribution in [2.24, 2.45) is 7.05 Å². The molecule has 4 nitrogen and oxygen atoms in total. The van der Waals surface area contributed by atoms with E-state index in [-0.39, 0.29) is 5.56 Å². The molecule has 0 bridgehead atoms. The predicted molar refractivity (Wildman–Crippen MR) is 85.1 cm³/mol. The van der Waals surface area contributed by atoms with Crippen LogP contribution in [0, 0.1) is 6.92 Å². The van der Waals surface area contributed by atoms with Gasteiger partial charge in [0.25, 0.3) is 0 Å². The lowest BCUT2D eigenvalue weighted by Crippen LogP contribution is -2.06. The third kappa shape index (κ3) is 2.27. The smallest absolute Gasteiger partial charge is 0.335 e. The summed E-state index contributed by atoms with van der Waals surface area (Å²) in [7, 11) is 1.92. The van der Waals surface area contributed by atoms with Gasteiger partial charge in [0, 0.05) is 23.7 Å². The zero-order valence-electron chi connectivity index (χ0n) is 12.4. The fraction of sp³-hybridized carbons (Fsp3) is 0.167. The van der Waals surface area contributed by atoms with Crippen LogP contribution in [0.25, 0.3) is 10.9 Å². The van der Waals surface area contributed by atoms with E-state index in [1.165, 1.54) is 0 Å². The molecule has 0 aliphatic heterocycles. The van der Waals surface area contributed by atoms with Gasteiger partial charge in [0.15, 0.2) is 0 Å². The molecule has 0 amide bonds. The summed E-state index contributed by atoms with van der Waals surface area (Å²) in [6, 6.07) is 14.4. The molecule has 0 aliphatic rings. The molecular formula is C18H17NO3. The van der Waals surface area contributed by atoms with Gasteiger partial charge < -0.3 is 14.8 Å². The highest BCUT2D eigenvalue weighted by Gasteiger charge is 2.19. The van der Waals surface area contributed by atoms with Gasteiger partial charge >= 0.3 is 5.97 Å². The number of hydrogen-bond donors (Lipinski definition) is 2. The standard InChI is InChI=1S/C18H17NO3/c1-11-8-13-9-14(18(21)22)10-15(16(13)19(11)2)17(20)12-6-4-3-5-7-12/h3-10,17,20H,1-2H3,(H,21,22). The van der Waals surface area contributed by atoms with Crippen LogP contribution in [0.15, 0.2) is 48.5 Å². The number of carbonyl (C=O) groups is 1. The number of benzene rings is 2. The molecule has 0 saturated carbocycles. The Labute approximate surface area is 128 Å². The Morgan fingerprint density at radius 3 is 2.45 bits per heavy atom. The first kappa shape index (κ1) is 14.4. The lowest BCUT2D eigenvalue weighted by molar-refractivity contribution is 0.0697. The summed E-state index contributed by atoms with van der Waals surface area (Å²) in [5, 5.41) is 20.9. The molecule has 1 heterocycles. The Hall–Kier alpha value is -2.59. The third-order valence-electron chi connectivity index (χ3n) is 4.05. The van der Waals surface area contributed by atoms with Crippen molar-refractivity contribution >= 4 is 16.9 Å². The van der Waals surface area contributed by atoms with Crippen molar-refractivity contribution in [3.8, 4) is 0 Å². The summed E-state index contributed by atoms with van der Waals surface area (Å²) in [6.07, 6.45) is -0.865. The lowest BCUT2D eigenvalue weighted by atomic mass is 9.97. The van der Waals surface area contributed by atoms with Crippen molar-refractivity contribution in [3.05, 3.63) is 70.9 Å². The van der Waals surface area contributed by atoms with E-state index in [2.05, 4.69) is 0 Å². The van der Waals surface area contributed by atoms with Gasteiger partial charge in [0.1, 0.15) is 6.10 Å². The molecule has 3 aromatic rings. The number of hydrogen-bond acceptors (Lipinski definition) is 2. The molecule has 112 valence electrons. The number of fused-ring (bicyclic) bond motifs is 1. The van der Waals surface area contributed by atoms with Crippen molar-refractivity contribution in [1.82, 2.24) is 4.57 Å². The molecule has 0 saturated heterocycles. The number of aliphatic hydroxyl groups excluding tert-OH is 1. The molecule has 1 atom stereocenters. The van der Waals surface area contributed by atoms with E-state index in [1.54, 1.807) is 12.1 Å². The van der Waals surface area contributed by atoms with E-state index >= 15 is 0 Å². The summed E-state index contributed by atoms with van der Waals surface area (Å²) >= 11 is 0. The molecule has 4 heteroatoms. The van der Waals surface area contributed by atoms with Crippen molar-refractivity contribution in [2.45, 2.75) is 13.0 Å². The summed E-state index contributed by atoms with van der Waals surface area (Å²) in [5.74, 6) is -0.995. The molecule has 1 unspecified atom stereocenters. The van der Waals surface area contributed by atoms with Crippen LogP contribution in [0.2, 0.25) is 0 Å². The predicted octanol–water partition coefficient (Wildman–Crippen LogP) is 3.27. The number of rotatable bonds is 3. The molecule has 0 fully saturated rings. The zero-order valence-corrected chi connectivity index (χ0v) is 12.4. The van der Waals surface area contributed by atoms with Gasteiger partial charge in [-0.2, -0.15) is 0 Å². The Kier molecular flexibility index (Phi) is 3.47. The second kappa shape index (κ2) is 5.31. The minimum Gasteiger partial charge on any atom is -0.478 e. The van der Waals surface area contributed by atoms with Crippen molar-refractivity contribution in [1.29, 1.82) is 0 Å². The fourth-order valence-corrected chi connectivity index (χ4v) is 2.82. The first-order chi connectivity index (χ1) is 10.5. The Morgan fingerprint density at radius 1 is 1.14 bits per heavy atom. The Bertz CT molecular complexity index is 850. The SMILES string of the molecule is Cc1cc2cc(C(=O)O)cc(C(O)c3ccccc3)c2n1C. The van der Waals surface area contributed by atoms with Crippen LogP contribution in [-0.2, 0) is 7.05 Å². The van der Waals surface area contributed by atoms with Crippen LogP contribution in [0.1, 0.15) is 33.3 Å². The van der Waals surface area contributed by atoms with Gasteiger partial charge in [0.2, 0.25) is 0 Å². The fourth-order valence-electron chi connectivity index (χ4n) is 2.82. The summed E-state index contributed by atoms with van der Waals surface area (Å²) < 4.78 is 1.97. The summed E-state index contributed by atoms with van der Waals surface area (Å²) in [4.78, 5) is 11.4. The normalized spacial score (nSPS) is 12.5. The summed E-state index contributed by atoms with van der Waals surface area (Å²) in [6.45, 7) is 1.96. The van der Waals surface area contributed by atoms with Crippen LogP contribution in [0.4, 0.5) is 0 Å². The summed E-state index contributed by atoms with van der Waals surface area (Å²) in [5.41, 5.74) is 3.41. The molecule has 0 aliphatic carbocycles. The van der Waals surface area contributed by atoms with Gasteiger partial charge in [-0.1, -0.05) is 30.3 Å². The number of carboxylic acids is 1.